The summed E-state index contributed by atoms with van der Waals surface area (Å²) in [5.74, 6) is 0.658. The third-order valence-electron chi connectivity index (χ3n) is 5.80. The molecule has 0 aliphatic heterocycles. The van der Waals surface area contributed by atoms with Crippen molar-refractivity contribution in [2.75, 3.05) is 11.8 Å². The Kier molecular flexibility index (Phi) is 6.57. The summed E-state index contributed by atoms with van der Waals surface area (Å²) >= 11 is 0. The van der Waals surface area contributed by atoms with Crippen LogP contribution >= 0.6 is 0 Å². The first-order valence-electron chi connectivity index (χ1n) is 11.1. The number of nitriles is 1. The number of nitrogens with one attached hydrogen (secondary N) is 1. The van der Waals surface area contributed by atoms with Crippen LogP contribution in [0.3, 0.4) is 0 Å². The van der Waals surface area contributed by atoms with E-state index in [2.05, 4.69) is 20.9 Å². The number of hydrogen-bond acceptors (Lipinski definition) is 6. The molecule has 0 amide bonds. The number of methoxy groups -OCH3 is 1. The highest BCUT2D eigenvalue weighted by atomic mass is 32.2. The molecule has 1 N–H and O–H groups in total. The van der Waals surface area contributed by atoms with Crippen LogP contribution in [0.15, 0.2) is 88.6 Å². The van der Waals surface area contributed by atoms with Gasteiger partial charge in [0.25, 0.3) is 0 Å². The molecule has 2 aromatic heterocycles. The summed E-state index contributed by atoms with van der Waals surface area (Å²) in [6.45, 7) is 0. The van der Waals surface area contributed by atoms with Crippen LogP contribution in [-0.2, 0) is 17.2 Å². The van der Waals surface area contributed by atoms with Crippen molar-refractivity contribution in [3.8, 4) is 34.2 Å². The summed E-state index contributed by atoms with van der Waals surface area (Å²) < 4.78 is 65.7. The van der Waals surface area contributed by atoms with E-state index < -0.39 is 22.7 Å². The topological polar surface area (TPSA) is 101 Å². The van der Waals surface area contributed by atoms with Crippen LogP contribution in [-0.4, -0.2) is 21.5 Å². The number of halogens is 3. The zero-order chi connectivity index (χ0) is 26.9. The summed E-state index contributed by atoms with van der Waals surface area (Å²) in [6.07, 6.45) is -1.59. The first kappa shape index (κ1) is 25.0. The Morgan fingerprint density at radius 1 is 1.05 bits per heavy atom. The maximum absolute atomic E-state index is 13.3. The van der Waals surface area contributed by atoms with E-state index in [9.17, 15) is 22.6 Å². The van der Waals surface area contributed by atoms with E-state index in [0.717, 1.165) is 17.5 Å². The molecule has 0 fully saturated rings. The molecule has 0 saturated carbocycles. The van der Waals surface area contributed by atoms with Crippen LogP contribution in [0.25, 0.3) is 33.2 Å². The summed E-state index contributed by atoms with van der Waals surface area (Å²) in [7, 11) is -0.171. The zero-order valence-electron chi connectivity index (χ0n) is 19.6. The van der Waals surface area contributed by atoms with E-state index in [4.69, 9.17) is 9.26 Å². The quantitative estimate of drug-likeness (QED) is 0.264. The van der Waals surface area contributed by atoms with E-state index in [1.54, 1.807) is 42.6 Å². The van der Waals surface area contributed by atoms with Crippen molar-refractivity contribution in [1.29, 1.82) is 5.26 Å². The van der Waals surface area contributed by atoms with Gasteiger partial charge in [-0.3, -0.25) is 9.71 Å². The Balaban J connectivity index is 1.59. The lowest BCUT2D eigenvalue weighted by atomic mass is 9.94. The Hall–Kier alpha value is -4.69. The number of nitrogens with zero attached hydrogens (tertiary/aromatic N) is 3. The van der Waals surface area contributed by atoms with Gasteiger partial charge in [-0.25, -0.2) is 4.21 Å². The Labute approximate surface area is 217 Å². The average molecular weight is 535 g/mol. The van der Waals surface area contributed by atoms with Crippen molar-refractivity contribution in [1.82, 2.24) is 10.1 Å². The SMILES string of the molecule is COc1cc(-c2cccc(C(F)(F)F)c2)c(C#N)cc1-c1nccc2cc(S(=O)Nc3ccon3)ccc12. The first-order chi connectivity index (χ1) is 18.3. The van der Waals surface area contributed by atoms with Gasteiger partial charge in [-0.05, 0) is 53.4 Å². The molecule has 7 nitrogen and oxygen atoms in total. The number of anilines is 1. The molecule has 0 aliphatic carbocycles. The van der Waals surface area contributed by atoms with Crippen molar-refractivity contribution in [2.45, 2.75) is 11.1 Å². The van der Waals surface area contributed by atoms with Crippen LogP contribution in [0.1, 0.15) is 11.1 Å². The fourth-order valence-corrected chi connectivity index (χ4v) is 4.87. The highest BCUT2D eigenvalue weighted by Gasteiger charge is 2.30. The van der Waals surface area contributed by atoms with Crippen molar-refractivity contribution in [2.24, 2.45) is 0 Å². The number of ether oxygens (including phenoxy) is 1. The number of hydrogen-bond donors (Lipinski definition) is 1. The van der Waals surface area contributed by atoms with Crippen molar-refractivity contribution < 1.29 is 26.6 Å². The molecule has 0 radical (unpaired) electrons. The van der Waals surface area contributed by atoms with Crippen LogP contribution in [0, 0.1) is 11.3 Å². The lowest BCUT2D eigenvalue weighted by Gasteiger charge is -2.15. The highest BCUT2D eigenvalue weighted by molar-refractivity contribution is 7.86. The molecular weight excluding hydrogens is 517 g/mol. The summed E-state index contributed by atoms with van der Waals surface area (Å²) in [5.41, 5.74) is 0.862. The first-order valence-corrected chi connectivity index (χ1v) is 12.2. The molecule has 0 saturated heterocycles. The second-order valence-electron chi connectivity index (χ2n) is 8.09. The lowest BCUT2D eigenvalue weighted by Crippen LogP contribution is -2.05. The number of benzene rings is 3. The maximum atomic E-state index is 13.3. The largest absolute Gasteiger partial charge is 0.496 e. The minimum absolute atomic E-state index is 0.161. The van der Waals surface area contributed by atoms with Gasteiger partial charge in [-0.15, -0.1) is 0 Å². The van der Waals surface area contributed by atoms with Gasteiger partial charge >= 0.3 is 6.18 Å². The minimum atomic E-state index is -4.52. The number of pyridine rings is 1. The van der Waals surface area contributed by atoms with Gasteiger partial charge < -0.3 is 9.26 Å². The van der Waals surface area contributed by atoms with E-state index >= 15 is 0 Å². The lowest BCUT2D eigenvalue weighted by molar-refractivity contribution is -0.137. The van der Waals surface area contributed by atoms with Gasteiger partial charge in [0.2, 0.25) is 0 Å². The predicted octanol–water partition coefficient (Wildman–Crippen LogP) is 6.59. The molecule has 5 rings (SSSR count). The minimum Gasteiger partial charge on any atom is -0.496 e. The molecule has 0 spiro atoms. The van der Waals surface area contributed by atoms with Gasteiger partial charge in [0.05, 0.1) is 34.9 Å². The standard InChI is InChI=1S/C27H17F3N4O3S/c1-36-24-14-22(16-3-2-4-19(11-16)27(28,29)30)18(15-31)13-23(24)26-21-6-5-20(12-17(21)7-9-32-26)38(35)34-25-8-10-37-33-25/h2-14H,1H3,(H,33,34). The number of aromatic nitrogens is 2. The zero-order valence-corrected chi connectivity index (χ0v) is 20.4. The van der Waals surface area contributed by atoms with Crippen molar-refractivity contribution in [3.63, 3.8) is 0 Å². The molecule has 5 aromatic rings. The summed E-state index contributed by atoms with van der Waals surface area (Å²) in [5, 5.41) is 15.0. The monoisotopic (exact) mass is 534 g/mol. The number of alkyl halides is 3. The maximum Gasteiger partial charge on any atom is 0.416 e. The molecule has 0 aliphatic rings. The molecule has 38 heavy (non-hydrogen) atoms. The van der Waals surface area contributed by atoms with Crippen LogP contribution in [0.4, 0.5) is 19.0 Å². The third-order valence-corrected chi connectivity index (χ3v) is 6.88. The second-order valence-corrected chi connectivity index (χ2v) is 9.30. The van der Waals surface area contributed by atoms with E-state index in [1.807, 2.05) is 0 Å². The molecule has 190 valence electrons. The molecule has 11 heteroatoms. The van der Waals surface area contributed by atoms with Crippen molar-refractivity contribution >= 4 is 27.6 Å². The predicted molar refractivity (Wildman–Crippen MR) is 135 cm³/mol. The molecule has 0 bridgehead atoms. The van der Waals surface area contributed by atoms with Gasteiger partial charge in [0.1, 0.15) is 12.0 Å². The highest BCUT2D eigenvalue weighted by Crippen LogP contribution is 2.40. The van der Waals surface area contributed by atoms with E-state index in [-0.39, 0.29) is 11.1 Å². The fraction of sp³-hybridized carbons (Fsp3) is 0.0741. The molecular formula is C27H17F3N4O3S. The number of fused-ring (bicyclic) bond motifs is 1. The summed E-state index contributed by atoms with van der Waals surface area (Å²) in [6, 6.07) is 18.4. The van der Waals surface area contributed by atoms with Gasteiger partial charge in [0, 0.05) is 28.8 Å². The van der Waals surface area contributed by atoms with Crippen LogP contribution in [0.2, 0.25) is 0 Å². The Morgan fingerprint density at radius 2 is 1.89 bits per heavy atom. The third kappa shape index (κ3) is 4.81. The van der Waals surface area contributed by atoms with Gasteiger partial charge in [-0.1, -0.05) is 23.4 Å². The van der Waals surface area contributed by atoms with Gasteiger partial charge in [0.15, 0.2) is 16.8 Å². The van der Waals surface area contributed by atoms with E-state index in [1.165, 1.54) is 31.6 Å². The molecule has 1 unspecified atom stereocenters. The normalized spacial score (nSPS) is 12.2. The van der Waals surface area contributed by atoms with Crippen LogP contribution < -0.4 is 9.46 Å². The smallest absolute Gasteiger partial charge is 0.416 e. The Bertz CT molecular complexity index is 1710. The van der Waals surface area contributed by atoms with Crippen LogP contribution in [0.5, 0.6) is 5.75 Å². The molecule has 3 aromatic carbocycles. The second kappa shape index (κ2) is 9.99. The van der Waals surface area contributed by atoms with Crippen molar-refractivity contribution in [3.05, 3.63) is 90.3 Å². The van der Waals surface area contributed by atoms with Gasteiger partial charge in [-0.2, -0.15) is 18.4 Å². The fourth-order valence-electron chi connectivity index (χ4n) is 4.03. The molecule has 2 heterocycles. The van der Waals surface area contributed by atoms with E-state index in [0.29, 0.717) is 38.7 Å². The number of rotatable bonds is 6. The Morgan fingerprint density at radius 3 is 2.61 bits per heavy atom. The summed E-state index contributed by atoms with van der Waals surface area (Å²) in [4.78, 5) is 4.98. The molecule has 1 atom stereocenters. The average Bonchev–Trinajstić information content (AvgIpc) is 3.44.